The molecular weight excluding hydrogens is 141 g/mol. The Bertz CT molecular complexity index is 35.9. The molecule has 0 aliphatic carbocycles. The summed E-state index contributed by atoms with van der Waals surface area (Å²) in [6.07, 6.45) is -1.83. The monoisotopic (exact) mass is 142 g/mol. The van der Waals surface area contributed by atoms with Crippen LogP contribution in [-0.4, -0.2) is 62.5 Å². The van der Waals surface area contributed by atoms with Crippen molar-refractivity contribution in [3.63, 3.8) is 0 Å². The van der Waals surface area contributed by atoms with Gasteiger partial charge < -0.3 is 23.7 Å². The molecule has 0 bridgehead atoms. The summed E-state index contributed by atoms with van der Waals surface area (Å²) in [5.41, 5.74) is 0. The van der Waals surface area contributed by atoms with Gasteiger partial charge in [0.15, 0.2) is 0 Å². The van der Waals surface area contributed by atoms with Crippen molar-refractivity contribution in [1.82, 2.24) is 0 Å². The van der Waals surface area contributed by atoms with Gasteiger partial charge in [0.2, 0.25) is 0 Å². The number of hydrogen-bond donors (Lipinski definition) is 2. The van der Waals surface area contributed by atoms with Gasteiger partial charge in [0.05, 0.1) is 0 Å². The molecule has 0 heterocycles. The van der Waals surface area contributed by atoms with Crippen LogP contribution in [0.25, 0.3) is 0 Å². The minimum Gasteiger partial charge on any atom is -2.00 e. The summed E-state index contributed by atoms with van der Waals surface area (Å²) in [6, 6.07) is 0. The predicted molar refractivity (Wildman–Crippen MR) is 29.5 cm³/mol. The van der Waals surface area contributed by atoms with Gasteiger partial charge in [-0.25, -0.2) is 4.79 Å². The Labute approximate surface area is 80.2 Å². The summed E-state index contributed by atoms with van der Waals surface area (Å²) in [4.78, 5) is 8.56. The Balaban J connectivity index is -0.0000000150. The molecule has 0 aliphatic heterocycles. The summed E-state index contributed by atoms with van der Waals surface area (Å²) in [5.74, 6) is 0. The molecule has 6 heteroatoms. The first-order chi connectivity index (χ1) is 1.73. The van der Waals surface area contributed by atoms with Crippen LogP contribution in [0.5, 0.6) is 0 Å². The van der Waals surface area contributed by atoms with Crippen LogP contribution in [0, 0.1) is 0 Å². The van der Waals surface area contributed by atoms with Gasteiger partial charge in [0, 0.05) is 0 Å². The van der Waals surface area contributed by atoms with Gasteiger partial charge in [-0.15, -0.1) is 0 Å². The van der Waals surface area contributed by atoms with Gasteiger partial charge in [-0.1, -0.05) is 0 Å². The molecule has 0 aromatic carbocycles. The van der Waals surface area contributed by atoms with Crippen LogP contribution in [0.4, 0.5) is 4.79 Å². The summed E-state index contributed by atoms with van der Waals surface area (Å²) in [5, 5.41) is 13.9. The van der Waals surface area contributed by atoms with Crippen molar-refractivity contribution in [3.8, 4) is 0 Å². The van der Waals surface area contributed by atoms with E-state index in [0.717, 1.165) is 0 Å². The van der Waals surface area contributed by atoms with Crippen molar-refractivity contribution in [1.29, 1.82) is 0 Å². The van der Waals surface area contributed by atoms with Gasteiger partial charge in [0.25, 0.3) is 0 Å². The zero-order valence-electron chi connectivity index (χ0n) is 3.63. The van der Waals surface area contributed by atoms with E-state index in [2.05, 4.69) is 0 Å². The Kier molecular flexibility index (Phi) is 54.3. The van der Waals surface area contributed by atoms with E-state index in [4.69, 9.17) is 15.0 Å². The Morgan fingerprint density at radius 3 is 1.14 bits per heavy atom. The van der Waals surface area contributed by atoms with Gasteiger partial charge in [0.1, 0.15) is 0 Å². The molecule has 0 fully saturated rings. The Morgan fingerprint density at radius 1 is 1.14 bits per heavy atom. The minimum atomic E-state index is -1.83. The maximum absolute atomic E-state index is 8.56. The molecular formula is CH2Mg2O3S+2. The average Bonchev–Trinajstić information content (AvgIpc) is 0.811. The standard InChI is InChI=1S/CH2O3.2Mg.S/c2-1(3)4;;;/h(H2,2,3,4);;;/q;2*+2;-2. The molecule has 0 aromatic rings. The molecule has 2 N–H and O–H groups in total. The van der Waals surface area contributed by atoms with E-state index in [-0.39, 0.29) is 59.6 Å². The van der Waals surface area contributed by atoms with Crippen molar-refractivity contribution in [2.75, 3.05) is 0 Å². The van der Waals surface area contributed by atoms with Crippen LogP contribution in [-0.2, 0) is 13.5 Å². The summed E-state index contributed by atoms with van der Waals surface area (Å²) in [7, 11) is 0. The number of rotatable bonds is 0. The van der Waals surface area contributed by atoms with Gasteiger partial charge in [-0.2, -0.15) is 0 Å². The second kappa shape index (κ2) is 15.7. The van der Waals surface area contributed by atoms with Gasteiger partial charge in [-0.05, 0) is 0 Å². The maximum Gasteiger partial charge on any atom is 2.00 e. The largest absolute Gasteiger partial charge is 2.00 e. The SMILES string of the molecule is O=C(O)O.[Mg+2].[Mg+2].[S-2]. The molecule has 0 atom stereocenters. The maximum atomic E-state index is 8.56. The van der Waals surface area contributed by atoms with E-state index in [1.54, 1.807) is 0 Å². The third-order valence-electron chi connectivity index (χ3n) is 0. The third-order valence-corrected chi connectivity index (χ3v) is 0. The number of hydrogen-bond acceptors (Lipinski definition) is 1. The second-order valence-electron chi connectivity index (χ2n) is 0.283. The summed E-state index contributed by atoms with van der Waals surface area (Å²) < 4.78 is 0. The van der Waals surface area contributed by atoms with Crippen LogP contribution < -0.4 is 0 Å². The summed E-state index contributed by atoms with van der Waals surface area (Å²) >= 11 is 0. The molecule has 0 rings (SSSR count). The first-order valence-electron chi connectivity index (χ1n) is 0.651. The van der Waals surface area contributed by atoms with E-state index in [1.165, 1.54) is 0 Å². The van der Waals surface area contributed by atoms with Crippen molar-refractivity contribution in [3.05, 3.63) is 0 Å². The second-order valence-corrected chi connectivity index (χ2v) is 0.283. The smallest absolute Gasteiger partial charge is 2.00 e. The molecule has 32 valence electrons. The van der Waals surface area contributed by atoms with E-state index in [0.29, 0.717) is 0 Å². The number of carbonyl (C=O) groups is 1. The molecule has 0 radical (unpaired) electrons. The average molecular weight is 143 g/mol. The molecule has 0 saturated heterocycles. The van der Waals surface area contributed by atoms with Crippen LogP contribution in [0.2, 0.25) is 0 Å². The zero-order chi connectivity index (χ0) is 3.58. The number of carboxylic acid groups (broad SMARTS) is 2. The van der Waals surface area contributed by atoms with Crippen molar-refractivity contribution in [2.24, 2.45) is 0 Å². The predicted octanol–water partition coefficient (Wildman–Crippen LogP) is -0.542. The third kappa shape index (κ3) is 143. The van der Waals surface area contributed by atoms with Crippen LogP contribution >= 0.6 is 0 Å². The molecule has 0 unspecified atom stereocenters. The first-order valence-corrected chi connectivity index (χ1v) is 0.651. The fourth-order valence-corrected chi connectivity index (χ4v) is 0. The van der Waals surface area contributed by atoms with Crippen LogP contribution in [0.1, 0.15) is 0 Å². The van der Waals surface area contributed by atoms with E-state index in [9.17, 15) is 0 Å². The molecule has 0 aliphatic rings. The zero-order valence-corrected chi connectivity index (χ0v) is 7.27. The van der Waals surface area contributed by atoms with Gasteiger partial charge >= 0.3 is 52.3 Å². The molecule has 0 spiro atoms. The van der Waals surface area contributed by atoms with Crippen molar-refractivity contribution in [2.45, 2.75) is 0 Å². The molecule has 0 amide bonds. The molecule has 3 nitrogen and oxygen atoms in total. The van der Waals surface area contributed by atoms with Gasteiger partial charge in [-0.3, -0.25) is 0 Å². The quantitative estimate of drug-likeness (QED) is 0.447. The van der Waals surface area contributed by atoms with Crippen molar-refractivity contribution < 1.29 is 15.0 Å². The fourth-order valence-electron chi connectivity index (χ4n) is 0. The van der Waals surface area contributed by atoms with Crippen molar-refractivity contribution >= 4 is 65.8 Å². The molecule has 0 saturated carbocycles. The van der Waals surface area contributed by atoms with E-state index >= 15 is 0 Å². The molecule has 7 heavy (non-hydrogen) atoms. The Hall–Kier alpha value is 1.15. The first kappa shape index (κ1) is 24.2. The van der Waals surface area contributed by atoms with E-state index < -0.39 is 6.16 Å². The van der Waals surface area contributed by atoms with Crippen LogP contribution in [0.3, 0.4) is 0 Å². The van der Waals surface area contributed by atoms with E-state index in [1.807, 2.05) is 0 Å². The topological polar surface area (TPSA) is 57.5 Å². The Morgan fingerprint density at radius 2 is 1.14 bits per heavy atom. The normalized spacial score (nSPS) is 3.43. The molecule has 0 aromatic heterocycles. The minimum absolute atomic E-state index is 0. The summed E-state index contributed by atoms with van der Waals surface area (Å²) in [6.45, 7) is 0. The van der Waals surface area contributed by atoms with Crippen LogP contribution in [0.15, 0.2) is 0 Å². The fraction of sp³-hybridized carbons (Fsp3) is 0.